The molecule has 0 aliphatic carbocycles. The van der Waals surface area contributed by atoms with Crippen molar-refractivity contribution in [1.29, 1.82) is 0 Å². The predicted octanol–water partition coefficient (Wildman–Crippen LogP) is 2.14. The largest absolute Gasteiger partial charge is 0.357 e. The maximum atomic E-state index is 12.4. The van der Waals surface area contributed by atoms with Crippen molar-refractivity contribution in [2.45, 2.75) is 13.5 Å². The van der Waals surface area contributed by atoms with Gasteiger partial charge in [-0.1, -0.05) is 0 Å². The molecule has 1 N–H and O–H groups in total. The van der Waals surface area contributed by atoms with Gasteiger partial charge in [0.25, 0.3) is 0 Å². The minimum atomic E-state index is -3.20. The Labute approximate surface area is 176 Å². The average Bonchev–Trinajstić information content (AvgIpc) is 3.07. The summed E-state index contributed by atoms with van der Waals surface area (Å²) in [5.41, 5.74) is 1.23. The number of thiophene rings is 1. The molecule has 1 fully saturated rings. The van der Waals surface area contributed by atoms with Crippen molar-refractivity contribution < 1.29 is 8.42 Å². The molecule has 25 heavy (non-hydrogen) atoms. The first-order chi connectivity index (χ1) is 11.5. The summed E-state index contributed by atoms with van der Waals surface area (Å²) in [5, 5.41) is 7.39. The smallest absolute Gasteiger partial charge is 0.215 e. The number of rotatable bonds is 7. The van der Waals surface area contributed by atoms with Gasteiger partial charge in [0.05, 0.1) is 12.3 Å². The number of thioether (sulfide) groups is 1. The third-order valence-corrected chi connectivity index (χ3v) is 7.20. The number of nitrogens with one attached hydrogen (secondary N) is 1. The van der Waals surface area contributed by atoms with Gasteiger partial charge in [-0.05, 0) is 29.3 Å². The zero-order valence-corrected chi connectivity index (χ0v) is 19.5. The van der Waals surface area contributed by atoms with Crippen molar-refractivity contribution in [3.8, 4) is 0 Å². The van der Waals surface area contributed by atoms with Gasteiger partial charge in [-0.25, -0.2) is 12.7 Å². The van der Waals surface area contributed by atoms with Crippen LogP contribution in [0.15, 0.2) is 21.8 Å². The summed E-state index contributed by atoms with van der Waals surface area (Å²) < 4.78 is 26.3. The maximum Gasteiger partial charge on any atom is 0.215 e. The Morgan fingerprint density at radius 2 is 2.12 bits per heavy atom. The second-order valence-electron chi connectivity index (χ2n) is 5.55. The number of hydrogen-bond acceptors (Lipinski definition) is 5. The number of halogens is 1. The molecule has 1 aliphatic rings. The normalized spacial score (nSPS) is 16.3. The zero-order chi connectivity index (χ0) is 17.4. The van der Waals surface area contributed by atoms with Gasteiger partial charge in [0.2, 0.25) is 10.0 Å². The second kappa shape index (κ2) is 11.6. The van der Waals surface area contributed by atoms with Gasteiger partial charge in [-0.2, -0.15) is 23.1 Å². The van der Waals surface area contributed by atoms with Crippen molar-refractivity contribution in [2.75, 3.05) is 50.5 Å². The summed E-state index contributed by atoms with van der Waals surface area (Å²) in [6.07, 6.45) is 0. The molecule has 2 heterocycles. The Hall–Kier alpha value is -0.0400. The Balaban J connectivity index is 0.00000312. The molecule has 0 radical (unpaired) electrons. The van der Waals surface area contributed by atoms with E-state index in [2.05, 4.69) is 27.1 Å². The van der Waals surface area contributed by atoms with Crippen LogP contribution in [0.1, 0.15) is 12.5 Å². The topological polar surface area (TPSA) is 65.0 Å². The van der Waals surface area contributed by atoms with Crippen LogP contribution < -0.4 is 5.32 Å². The minimum absolute atomic E-state index is 0. The van der Waals surface area contributed by atoms with Crippen molar-refractivity contribution in [3.63, 3.8) is 0 Å². The monoisotopic (exact) mass is 518 g/mol. The van der Waals surface area contributed by atoms with Crippen molar-refractivity contribution in [3.05, 3.63) is 22.4 Å². The molecule has 0 unspecified atom stereocenters. The van der Waals surface area contributed by atoms with Crippen molar-refractivity contribution in [1.82, 2.24) is 14.5 Å². The molecular formula is C15H27IN4O2S3. The lowest BCUT2D eigenvalue weighted by atomic mass is 10.3. The third-order valence-electron chi connectivity index (χ3n) is 3.67. The quantitative estimate of drug-likeness (QED) is 0.341. The molecule has 1 saturated heterocycles. The van der Waals surface area contributed by atoms with E-state index in [0.29, 0.717) is 13.1 Å². The molecule has 144 valence electrons. The van der Waals surface area contributed by atoms with Crippen LogP contribution in [0.5, 0.6) is 0 Å². The Bertz CT molecular complexity index is 617. The van der Waals surface area contributed by atoms with E-state index in [1.807, 2.05) is 18.9 Å². The standard InChI is InChI=1S/C15H26N4O2S3.HI/c1-3-16-15(18(2)12-14-4-8-23-13-14)17-5-11-24(20,21)19-6-9-22-10-7-19;/h4,8,13H,3,5-7,9-12H2,1-2H3,(H,16,17);1H. The van der Waals surface area contributed by atoms with E-state index in [1.165, 1.54) is 5.56 Å². The first kappa shape index (κ1) is 23.0. The van der Waals surface area contributed by atoms with Gasteiger partial charge < -0.3 is 10.2 Å². The van der Waals surface area contributed by atoms with Crippen molar-refractivity contribution >= 4 is 63.1 Å². The lowest BCUT2D eigenvalue weighted by Crippen LogP contribution is -2.41. The highest BCUT2D eigenvalue weighted by Gasteiger charge is 2.23. The molecule has 0 spiro atoms. The highest BCUT2D eigenvalue weighted by Crippen LogP contribution is 2.13. The van der Waals surface area contributed by atoms with E-state index in [0.717, 1.165) is 30.6 Å². The molecule has 0 amide bonds. The summed E-state index contributed by atoms with van der Waals surface area (Å²) in [5.74, 6) is 2.58. The fourth-order valence-electron chi connectivity index (χ4n) is 2.42. The minimum Gasteiger partial charge on any atom is -0.357 e. The SMILES string of the molecule is CCNC(=NCCS(=O)(=O)N1CCSCC1)N(C)Cc1ccsc1.I. The fraction of sp³-hybridized carbons (Fsp3) is 0.667. The molecule has 0 aromatic carbocycles. The lowest BCUT2D eigenvalue weighted by molar-refractivity contribution is 0.443. The van der Waals surface area contributed by atoms with Gasteiger partial charge >= 0.3 is 0 Å². The first-order valence-electron chi connectivity index (χ1n) is 8.09. The number of hydrogen-bond donors (Lipinski definition) is 1. The zero-order valence-electron chi connectivity index (χ0n) is 14.7. The van der Waals surface area contributed by atoms with Crippen LogP contribution in [-0.4, -0.2) is 74.1 Å². The van der Waals surface area contributed by atoms with Gasteiger partial charge in [0.15, 0.2) is 5.96 Å². The van der Waals surface area contributed by atoms with Crippen LogP contribution in [0, 0.1) is 0 Å². The molecule has 6 nitrogen and oxygen atoms in total. The molecule has 1 aromatic rings. The van der Waals surface area contributed by atoms with E-state index in [9.17, 15) is 8.42 Å². The Morgan fingerprint density at radius 1 is 1.40 bits per heavy atom. The molecule has 2 rings (SSSR count). The van der Waals surface area contributed by atoms with E-state index < -0.39 is 10.0 Å². The van der Waals surface area contributed by atoms with Crippen LogP contribution in [0.4, 0.5) is 0 Å². The molecule has 0 saturated carbocycles. The highest BCUT2D eigenvalue weighted by atomic mass is 127. The maximum absolute atomic E-state index is 12.4. The van der Waals surface area contributed by atoms with Gasteiger partial charge in [-0.3, -0.25) is 4.99 Å². The number of sulfonamides is 1. The summed E-state index contributed by atoms with van der Waals surface area (Å²) in [7, 11) is -1.23. The van der Waals surface area contributed by atoms with Crippen LogP contribution in [0.25, 0.3) is 0 Å². The average molecular weight is 519 g/mol. The van der Waals surface area contributed by atoms with E-state index in [-0.39, 0.29) is 36.3 Å². The molecule has 0 atom stereocenters. The molecule has 0 bridgehead atoms. The Morgan fingerprint density at radius 3 is 2.72 bits per heavy atom. The number of nitrogens with zero attached hydrogens (tertiary/aromatic N) is 3. The van der Waals surface area contributed by atoms with E-state index in [1.54, 1.807) is 27.4 Å². The number of guanidine groups is 1. The van der Waals surface area contributed by atoms with Crippen molar-refractivity contribution in [2.24, 2.45) is 4.99 Å². The summed E-state index contributed by atoms with van der Waals surface area (Å²) in [6, 6.07) is 2.09. The lowest BCUT2D eigenvalue weighted by Gasteiger charge is -2.25. The van der Waals surface area contributed by atoms with Gasteiger partial charge in [0.1, 0.15) is 0 Å². The summed E-state index contributed by atoms with van der Waals surface area (Å²) in [6.45, 7) is 5.04. The predicted molar refractivity (Wildman–Crippen MR) is 120 cm³/mol. The van der Waals surface area contributed by atoms with Crippen LogP contribution >= 0.6 is 47.1 Å². The second-order valence-corrected chi connectivity index (χ2v) is 9.64. The molecule has 10 heteroatoms. The molecule has 1 aromatic heterocycles. The van der Waals surface area contributed by atoms with Crippen LogP contribution in [-0.2, 0) is 16.6 Å². The van der Waals surface area contributed by atoms with E-state index >= 15 is 0 Å². The fourth-order valence-corrected chi connectivity index (χ4v) is 5.53. The molecule has 1 aliphatic heterocycles. The summed E-state index contributed by atoms with van der Waals surface area (Å²) >= 11 is 3.48. The van der Waals surface area contributed by atoms with Gasteiger partial charge in [0, 0.05) is 44.7 Å². The van der Waals surface area contributed by atoms with Crippen LogP contribution in [0.3, 0.4) is 0 Å². The Kier molecular flexibility index (Phi) is 10.7. The summed E-state index contributed by atoms with van der Waals surface area (Å²) in [4.78, 5) is 6.52. The van der Waals surface area contributed by atoms with Gasteiger partial charge in [-0.15, -0.1) is 24.0 Å². The number of aliphatic imine (C=N–C) groups is 1. The van der Waals surface area contributed by atoms with Crippen LogP contribution in [0.2, 0.25) is 0 Å². The van der Waals surface area contributed by atoms with E-state index in [4.69, 9.17) is 0 Å². The third kappa shape index (κ3) is 7.61. The first-order valence-corrected chi connectivity index (χ1v) is 11.8. The molecular weight excluding hydrogens is 491 g/mol. The highest BCUT2D eigenvalue weighted by molar-refractivity contribution is 14.0.